The first kappa shape index (κ1) is 18.7. The largest absolute Gasteiger partial charge is 0.490 e. The molecular weight excluding hydrogens is 380 g/mol. The highest BCUT2D eigenvalue weighted by atomic mass is 16.5. The van der Waals surface area contributed by atoms with Gasteiger partial charge in [0, 0.05) is 31.5 Å². The van der Waals surface area contributed by atoms with Crippen molar-refractivity contribution in [1.29, 1.82) is 0 Å². The van der Waals surface area contributed by atoms with Crippen LogP contribution in [0.2, 0.25) is 0 Å². The summed E-state index contributed by atoms with van der Waals surface area (Å²) in [5, 5.41) is 0.800. The van der Waals surface area contributed by atoms with Crippen LogP contribution in [0, 0.1) is 0 Å². The molecule has 2 aromatic carbocycles. The molecule has 0 N–H and O–H groups in total. The average molecular weight is 404 g/mol. The number of fused-ring (bicyclic) bond motifs is 2. The molecule has 6 heteroatoms. The van der Waals surface area contributed by atoms with Crippen molar-refractivity contribution in [2.24, 2.45) is 7.05 Å². The smallest absolute Gasteiger partial charge is 0.255 e. The molecular formula is C24H24N2O4. The summed E-state index contributed by atoms with van der Waals surface area (Å²) >= 11 is 0. The first-order valence-corrected chi connectivity index (χ1v) is 10.4. The number of aromatic nitrogens is 1. The van der Waals surface area contributed by atoms with E-state index in [1.807, 2.05) is 47.4 Å². The summed E-state index contributed by atoms with van der Waals surface area (Å²) in [6, 6.07) is 14.9. The minimum Gasteiger partial charge on any atom is -0.490 e. The highest BCUT2D eigenvalue weighted by molar-refractivity contribution is 6.06. The second-order valence-corrected chi connectivity index (χ2v) is 7.89. The van der Waals surface area contributed by atoms with E-state index in [9.17, 15) is 9.59 Å². The Morgan fingerprint density at radius 2 is 1.80 bits per heavy atom. The van der Waals surface area contributed by atoms with E-state index in [1.165, 1.54) is 6.07 Å². The molecule has 30 heavy (non-hydrogen) atoms. The molecule has 2 aliphatic heterocycles. The number of carbonyl (C=O) groups excluding carboxylic acids is 1. The molecule has 0 saturated carbocycles. The molecule has 0 aliphatic carbocycles. The van der Waals surface area contributed by atoms with Crippen LogP contribution in [0.15, 0.2) is 53.3 Å². The van der Waals surface area contributed by atoms with Crippen LogP contribution in [0.1, 0.15) is 41.2 Å². The molecule has 2 aliphatic rings. The van der Waals surface area contributed by atoms with Crippen molar-refractivity contribution in [1.82, 2.24) is 9.47 Å². The van der Waals surface area contributed by atoms with E-state index in [1.54, 1.807) is 11.6 Å². The zero-order valence-electron chi connectivity index (χ0n) is 17.0. The van der Waals surface area contributed by atoms with Crippen molar-refractivity contribution in [3.8, 4) is 11.5 Å². The van der Waals surface area contributed by atoms with Crippen LogP contribution in [0.3, 0.4) is 0 Å². The van der Waals surface area contributed by atoms with Crippen LogP contribution in [-0.4, -0.2) is 35.1 Å². The lowest BCUT2D eigenvalue weighted by atomic mass is 10.0. The number of rotatable bonds is 2. The maximum Gasteiger partial charge on any atom is 0.255 e. The van der Waals surface area contributed by atoms with Crippen LogP contribution in [0.5, 0.6) is 11.5 Å². The number of para-hydroxylation sites is 1. The van der Waals surface area contributed by atoms with E-state index in [-0.39, 0.29) is 17.5 Å². The van der Waals surface area contributed by atoms with Gasteiger partial charge in [-0.05, 0) is 36.6 Å². The Bertz CT molecular complexity index is 1180. The zero-order valence-corrected chi connectivity index (χ0v) is 17.0. The van der Waals surface area contributed by atoms with E-state index in [0.717, 1.165) is 47.2 Å². The zero-order chi connectivity index (χ0) is 20.7. The van der Waals surface area contributed by atoms with Crippen LogP contribution < -0.4 is 15.0 Å². The summed E-state index contributed by atoms with van der Waals surface area (Å²) in [7, 11) is 1.73. The molecule has 154 valence electrons. The number of nitrogens with zero attached hydrogens (tertiary/aromatic N) is 2. The van der Waals surface area contributed by atoms with Gasteiger partial charge in [0.15, 0.2) is 11.5 Å². The van der Waals surface area contributed by atoms with E-state index >= 15 is 0 Å². The molecule has 1 fully saturated rings. The Morgan fingerprint density at radius 1 is 1.00 bits per heavy atom. The minimum absolute atomic E-state index is 0.0440. The minimum atomic E-state index is -0.177. The lowest BCUT2D eigenvalue weighted by Crippen LogP contribution is -2.32. The van der Waals surface area contributed by atoms with Gasteiger partial charge in [-0.25, -0.2) is 0 Å². The van der Waals surface area contributed by atoms with Crippen molar-refractivity contribution >= 4 is 16.8 Å². The predicted molar refractivity (Wildman–Crippen MR) is 114 cm³/mol. The number of amides is 1. The van der Waals surface area contributed by atoms with Crippen molar-refractivity contribution in [3.05, 3.63) is 70.0 Å². The first-order chi connectivity index (χ1) is 14.6. The fourth-order valence-corrected chi connectivity index (χ4v) is 4.49. The van der Waals surface area contributed by atoms with Gasteiger partial charge in [0.05, 0.1) is 30.3 Å². The predicted octanol–water partition coefficient (Wildman–Crippen LogP) is 3.68. The van der Waals surface area contributed by atoms with Crippen molar-refractivity contribution in [2.45, 2.75) is 25.3 Å². The Hall–Kier alpha value is -3.28. The number of benzene rings is 2. The van der Waals surface area contributed by atoms with Crippen molar-refractivity contribution in [2.75, 3.05) is 19.8 Å². The van der Waals surface area contributed by atoms with E-state index in [0.29, 0.717) is 25.3 Å². The molecule has 1 atom stereocenters. The lowest BCUT2D eigenvalue weighted by molar-refractivity contribution is 0.0737. The Labute approximate surface area is 174 Å². The molecule has 0 spiro atoms. The third-order valence-corrected chi connectivity index (χ3v) is 6.05. The second-order valence-electron chi connectivity index (χ2n) is 7.89. The molecule has 3 heterocycles. The molecule has 5 rings (SSSR count). The standard InChI is InChI=1S/C24H24N2O4/c1-25-20-7-3-2-6-17(20)18(15-23(25)27)24(28)26-11-4-8-19(26)16-9-10-21-22(14-16)30-13-5-12-29-21/h2-3,6-7,9-10,14-15,19H,4-5,8,11-13H2,1H3. The van der Waals surface area contributed by atoms with Gasteiger partial charge in [-0.1, -0.05) is 24.3 Å². The topological polar surface area (TPSA) is 60.8 Å². The normalized spacial score (nSPS) is 18.4. The maximum absolute atomic E-state index is 13.6. The van der Waals surface area contributed by atoms with Crippen LogP contribution in [-0.2, 0) is 7.05 Å². The summed E-state index contributed by atoms with van der Waals surface area (Å²) in [6.45, 7) is 1.95. The van der Waals surface area contributed by atoms with Gasteiger partial charge in [0.2, 0.25) is 0 Å². The second kappa shape index (κ2) is 7.52. The molecule has 6 nitrogen and oxygen atoms in total. The molecule has 1 saturated heterocycles. The van der Waals surface area contributed by atoms with Gasteiger partial charge in [0.1, 0.15) is 0 Å². The Balaban J connectivity index is 1.53. The number of pyridine rings is 1. The molecule has 1 aromatic heterocycles. The van der Waals surface area contributed by atoms with Gasteiger partial charge in [-0.2, -0.15) is 0 Å². The molecule has 1 unspecified atom stereocenters. The number of ether oxygens (including phenoxy) is 2. The Morgan fingerprint density at radius 3 is 2.67 bits per heavy atom. The fourth-order valence-electron chi connectivity index (χ4n) is 4.49. The number of aryl methyl sites for hydroxylation is 1. The third-order valence-electron chi connectivity index (χ3n) is 6.05. The highest BCUT2D eigenvalue weighted by Gasteiger charge is 2.32. The van der Waals surface area contributed by atoms with E-state index in [2.05, 4.69) is 0 Å². The van der Waals surface area contributed by atoms with Crippen LogP contribution >= 0.6 is 0 Å². The number of hydrogen-bond acceptors (Lipinski definition) is 4. The van der Waals surface area contributed by atoms with Crippen LogP contribution in [0.4, 0.5) is 0 Å². The summed E-state index contributed by atoms with van der Waals surface area (Å²) < 4.78 is 13.2. The quantitative estimate of drug-likeness (QED) is 0.654. The number of hydrogen-bond donors (Lipinski definition) is 0. The molecule has 1 amide bonds. The number of likely N-dealkylation sites (tertiary alicyclic amines) is 1. The summed E-state index contributed by atoms with van der Waals surface area (Å²) in [4.78, 5) is 27.9. The van der Waals surface area contributed by atoms with Gasteiger partial charge >= 0.3 is 0 Å². The van der Waals surface area contributed by atoms with Gasteiger partial charge < -0.3 is 18.9 Å². The summed E-state index contributed by atoms with van der Waals surface area (Å²) in [5.74, 6) is 1.39. The monoisotopic (exact) mass is 404 g/mol. The van der Waals surface area contributed by atoms with Gasteiger partial charge in [-0.15, -0.1) is 0 Å². The maximum atomic E-state index is 13.6. The number of carbonyl (C=O) groups is 1. The van der Waals surface area contributed by atoms with E-state index in [4.69, 9.17) is 9.47 Å². The Kier molecular flexibility index (Phi) is 4.69. The van der Waals surface area contributed by atoms with E-state index < -0.39 is 0 Å². The summed E-state index contributed by atoms with van der Waals surface area (Å²) in [6.07, 6.45) is 2.66. The molecule has 3 aromatic rings. The average Bonchev–Trinajstić information content (AvgIpc) is 3.14. The van der Waals surface area contributed by atoms with Crippen molar-refractivity contribution < 1.29 is 14.3 Å². The van der Waals surface area contributed by atoms with Crippen molar-refractivity contribution in [3.63, 3.8) is 0 Å². The van der Waals surface area contributed by atoms with Gasteiger partial charge in [0.25, 0.3) is 11.5 Å². The highest BCUT2D eigenvalue weighted by Crippen LogP contribution is 2.38. The van der Waals surface area contributed by atoms with Crippen LogP contribution in [0.25, 0.3) is 10.9 Å². The lowest BCUT2D eigenvalue weighted by Gasteiger charge is -2.26. The molecule has 0 radical (unpaired) electrons. The fraction of sp³-hybridized carbons (Fsp3) is 0.333. The third kappa shape index (κ3) is 3.12. The van der Waals surface area contributed by atoms with Gasteiger partial charge in [-0.3, -0.25) is 9.59 Å². The molecule has 0 bridgehead atoms. The first-order valence-electron chi connectivity index (χ1n) is 10.4. The summed E-state index contributed by atoms with van der Waals surface area (Å²) in [5.41, 5.74) is 2.09. The SMILES string of the molecule is Cn1c(=O)cc(C(=O)N2CCCC2c2ccc3c(c2)OCCCO3)c2ccccc21.